The Bertz CT molecular complexity index is 682. The Morgan fingerprint density at radius 2 is 1.91 bits per heavy atom. The standard InChI is InChI=1S/C18H19NO4/c1-2-21-15-6-4-14(5-7-15)18(20)19-10-9-13-3-8-16-17(11-13)23-12-22-16/h3-8,11H,2,9-10,12H2,1H3,(H,19,20). The van der Waals surface area contributed by atoms with Gasteiger partial charge in [0.2, 0.25) is 6.79 Å². The summed E-state index contributed by atoms with van der Waals surface area (Å²) in [5.74, 6) is 2.21. The molecule has 3 rings (SSSR count). The second-order valence-electron chi connectivity index (χ2n) is 5.15. The third kappa shape index (κ3) is 3.74. The number of amides is 1. The van der Waals surface area contributed by atoms with Gasteiger partial charge < -0.3 is 19.5 Å². The van der Waals surface area contributed by atoms with E-state index in [4.69, 9.17) is 14.2 Å². The number of fused-ring (bicyclic) bond motifs is 1. The van der Waals surface area contributed by atoms with Crippen LogP contribution in [0.1, 0.15) is 22.8 Å². The average molecular weight is 313 g/mol. The van der Waals surface area contributed by atoms with Gasteiger partial charge in [0.25, 0.3) is 5.91 Å². The second-order valence-corrected chi connectivity index (χ2v) is 5.15. The Kier molecular flexibility index (Phi) is 4.66. The van der Waals surface area contributed by atoms with E-state index in [0.29, 0.717) is 18.7 Å². The first-order valence-corrected chi connectivity index (χ1v) is 7.66. The maximum atomic E-state index is 12.1. The number of hydrogen-bond donors (Lipinski definition) is 1. The zero-order valence-corrected chi connectivity index (χ0v) is 13.0. The number of rotatable bonds is 6. The molecule has 120 valence electrons. The maximum Gasteiger partial charge on any atom is 0.251 e. The number of benzene rings is 2. The van der Waals surface area contributed by atoms with Crippen LogP contribution in [0.5, 0.6) is 17.2 Å². The molecule has 1 heterocycles. The van der Waals surface area contributed by atoms with Crippen LogP contribution in [0, 0.1) is 0 Å². The number of ether oxygens (including phenoxy) is 3. The largest absolute Gasteiger partial charge is 0.494 e. The normalized spacial score (nSPS) is 12.0. The third-order valence-corrected chi connectivity index (χ3v) is 3.56. The molecule has 5 heteroatoms. The number of carbonyl (C=O) groups is 1. The molecule has 0 unspecified atom stereocenters. The molecule has 2 aromatic rings. The van der Waals surface area contributed by atoms with Gasteiger partial charge >= 0.3 is 0 Å². The Balaban J connectivity index is 1.51. The molecule has 0 atom stereocenters. The van der Waals surface area contributed by atoms with Crippen molar-refractivity contribution in [2.45, 2.75) is 13.3 Å². The first-order chi connectivity index (χ1) is 11.3. The predicted molar refractivity (Wildman–Crippen MR) is 86.2 cm³/mol. The summed E-state index contributed by atoms with van der Waals surface area (Å²) in [6.07, 6.45) is 0.736. The van der Waals surface area contributed by atoms with Gasteiger partial charge in [0.05, 0.1) is 6.61 Å². The molecular weight excluding hydrogens is 294 g/mol. The smallest absolute Gasteiger partial charge is 0.251 e. The summed E-state index contributed by atoms with van der Waals surface area (Å²) < 4.78 is 16.0. The molecule has 0 fully saturated rings. The third-order valence-electron chi connectivity index (χ3n) is 3.56. The van der Waals surface area contributed by atoms with Crippen molar-refractivity contribution in [1.82, 2.24) is 5.32 Å². The molecule has 0 bridgehead atoms. The van der Waals surface area contributed by atoms with Crippen molar-refractivity contribution in [2.24, 2.45) is 0 Å². The van der Waals surface area contributed by atoms with Gasteiger partial charge in [-0.25, -0.2) is 0 Å². The number of hydrogen-bond acceptors (Lipinski definition) is 4. The van der Waals surface area contributed by atoms with Crippen molar-refractivity contribution in [3.8, 4) is 17.2 Å². The molecule has 0 saturated heterocycles. The number of carbonyl (C=O) groups excluding carboxylic acids is 1. The zero-order chi connectivity index (χ0) is 16.1. The fraction of sp³-hybridized carbons (Fsp3) is 0.278. The van der Waals surface area contributed by atoms with Crippen LogP contribution in [0.2, 0.25) is 0 Å². The van der Waals surface area contributed by atoms with Gasteiger partial charge in [0.15, 0.2) is 11.5 Å². The van der Waals surface area contributed by atoms with Crippen LogP contribution in [-0.4, -0.2) is 25.9 Å². The fourth-order valence-electron chi connectivity index (χ4n) is 2.39. The Morgan fingerprint density at radius 3 is 2.70 bits per heavy atom. The zero-order valence-electron chi connectivity index (χ0n) is 13.0. The van der Waals surface area contributed by atoms with Crippen LogP contribution in [0.3, 0.4) is 0 Å². The number of nitrogens with one attached hydrogen (secondary N) is 1. The molecule has 1 amide bonds. The van der Waals surface area contributed by atoms with E-state index >= 15 is 0 Å². The van der Waals surface area contributed by atoms with Crippen molar-refractivity contribution < 1.29 is 19.0 Å². The van der Waals surface area contributed by atoms with Crippen LogP contribution in [0.4, 0.5) is 0 Å². The highest BCUT2D eigenvalue weighted by Crippen LogP contribution is 2.32. The van der Waals surface area contributed by atoms with Crippen LogP contribution >= 0.6 is 0 Å². The van der Waals surface area contributed by atoms with Crippen molar-refractivity contribution in [3.63, 3.8) is 0 Å². The second kappa shape index (κ2) is 7.05. The van der Waals surface area contributed by atoms with E-state index in [0.717, 1.165) is 29.2 Å². The van der Waals surface area contributed by atoms with E-state index < -0.39 is 0 Å². The summed E-state index contributed by atoms with van der Waals surface area (Å²) in [6, 6.07) is 13.0. The summed E-state index contributed by atoms with van der Waals surface area (Å²) in [7, 11) is 0. The highest BCUT2D eigenvalue weighted by molar-refractivity contribution is 5.94. The van der Waals surface area contributed by atoms with Gasteiger partial charge in [-0.2, -0.15) is 0 Å². The van der Waals surface area contributed by atoms with Crippen LogP contribution in [-0.2, 0) is 6.42 Å². The summed E-state index contributed by atoms with van der Waals surface area (Å²) in [5, 5.41) is 2.91. The van der Waals surface area contributed by atoms with E-state index in [-0.39, 0.29) is 12.7 Å². The lowest BCUT2D eigenvalue weighted by atomic mass is 10.1. The predicted octanol–water partition coefficient (Wildman–Crippen LogP) is 2.79. The van der Waals surface area contributed by atoms with Gasteiger partial charge in [-0.1, -0.05) is 6.07 Å². The molecule has 0 aromatic heterocycles. The lowest BCUT2D eigenvalue weighted by Crippen LogP contribution is -2.25. The lowest BCUT2D eigenvalue weighted by molar-refractivity contribution is 0.0954. The van der Waals surface area contributed by atoms with Gasteiger partial charge in [-0.05, 0) is 55.3 Å². The van der Waals surface area contributed by atoms with E-state index in [9.17, 15) is 4.79 Å². The first kappa shape index (κ1) is 15.2. The average Bonchev–Trinajstić information content (AvgIpc) is 3.03. The monoisotopic (exact) mass is 313 g/mol. The minimum Gasteiger partial charge on any atom is -0.494 e. The summed E-state index contributed by atoms with van der Waals surface area (Å²) in [5.41, 5.74) is 1.72. The van der Waals surface area contributed by atoms with Gasteiger partial charge in [-0.15, -0.1) is 0 Å². The molecule has 23 heavy (non-hydrogen) atoms. The quantitative estimate of drug-likeness (QED) is 0.891. The Hall–Kier alpha value is -2.69. The SMILES string of the molecule is CCOc1ccc(C(=O)NCCc2ccc3c(c2)OCO3)cc1. The summed E-state index contributed by atoms with van der Waals surface area (Å²) >= 11 is 0. The van der Waals surface area contributed by atoms with Gasteiger partial charge in [0.1, 0.15) is 5.75 Å². The van der Waals surface area contributed by atoms with Crippen LogP contribution in [0.15, 0.2) is 42.5 Å². The van der Waals surface area contributed by atoms with Crippen molar-refractivity contribution in [3.05, 3.63) is 53.6 Å². The highest BCUT2D eigenvalue weighted by atomic mass is 16.7. The molecule has 1 N–H and O–H groups in total. The van der Waals surface area contributed by atoms with E-state index in [1.165, 1.54) is 0 Å². The molecule has 0 saturated carbocycles. The van der Waals surface area contributed by atoms with Crippen molar-refractivity contribution >= 4 is 5.91 Å². The molecule has 1 aliphatic rings. The highest BCUT2D eigenvalue weighted by Gasteiger charge is 2.13. The van der Waals surface area contributed by atoms with E-state index in [1.807, 2.05) is 25.1 Å². The fourth-order valence-corrected chi connectivity index (χ4v) is 2.39. The van der Waals surface area contributed by atoms with Crippen molar-refractivity contribution in [2.75, 3.05) is 19.9 Å². The molecule has 5 nitrogen and oxygen atoms in total. The molecular formula is C18H19NO4. The van der Waals surface area contributed by atoms with Crippen molar-refractivity contribution in [1.29, 1.82) is 0 Å². The van der Waals surface area contributed by atoms with Crippen LogP contribution < -0.4 is 19.5 Å². The maximum absolute atomic E-state index is 12.1. The topological polar surface area (TPSA) is 56.8 Å². The minimum absolute atomic E-state index is 0.0891. The Morgan fingerprint density at radius 1 is 1.13 bits per heavy atom. The van der Waals surface area contributed by atoms with Crippen LogP contribution in [0.25, 0.3) is 0 Å². The molecule has 0 spiro atoms. The molecule has 0 radical (unpaired) electrons. The van der Waals surface area contributed by atoms with Gasteiger partial charge in [-0.3, -0.25) is 4.79 Å². The van der Waals surface area contributed by atoms with Gasteiger partial charge in [0, 0.05) is 12.1 Å². The molecule has 0 aliphatic carbocycles. The minimum atomic E-state index is -0.0891. The Labute approximate surface area is 135 Å². The summed E-state index contributed by atoms with van der Waals surface area (Å²) in [4.78, 5) is 12.1. The molecule has 1 aliphatic heterocycles. The summed E-state index contributed by atoms with van der Waals surface area (Å²) in [6.45, 7) is 3.37. The first-order valence-electron chi connectivity index (χ1n) is 7.66. The molecule has 2 aromatic carbocycles. The van der Waals surface area contributed by atoms with E-state index in [2.05, 4.69) is 5.32 Å². The lowest BCUT2D eigenvalue weighted by Gasteiger charge is -2.07. The van der Waals surface area contributed by atoms with E-state index in [1.54, 1.807) is 24.3 Å².